The molecule has 0 aliphatic carbocycles. The minimum Gasteiger partial charge on any atom is -0.334 e. The summed E-state index contributed by atoms with van der Waals surface area (Å²) in [5, 5.41) is 4.00. The first-order valence-corrected chi connectivity index (χ1v) is 8.44. The normalized spacial score (nSPS) is 18.6. The van der Waals surface area contributed by atoms with Crippen LogP contribution in [0.1, 0.15) is 29.8 Å². The van der Waals surface area contributed by atoms with E-state index in [4.69, 9.17) is 0 Å². The second-order valence-electron chi connectivity index (χ2n) is 6.29. The summed E-state index contributed by atoms with van der Waals surface area (Å²) in [6.07, 6.45) is 3.34. The summed E-state index contributed by atoms with van der Waals surface area (Å²) in [5.41, 5.74) is 0.0106. The predicted octanol–water partition coefficient (Wildman–Crippen LogP) is 0.144. The van der Waals surface area contributed by atoms with Crippen LogP contribution in [0.4, 0.5) is 4.79 Å². The van der Waals surface area contributed by atoms with E-state index in [2.05, 4.69) is 5.10 Å². The summed E-state index contributed by atoms with van der Waals surface area (Å²) >= 11 is 0. The molecule has 3 amide bonds. The van der Waals surface area contributed by atoms with Crippen molar-refractivity contribution >= 4 is 11.9 Å². The number of hydrogen-bond acceptors (Lipinski definition) is 4. The Balaban J connectivity index is 1.58. The molecule has 0 radical (unpaired) electrons. The van der Waals surface area contributed by atoms with Gasteiger partial charge in [0.15, 0.2) is 0 Å². The number of piperidine rings is 1. The molecule has 0 saturated carbocycles. The summed E-state index contributed by atoms with van der Waals surface area (Å²) in [7, 11) is 1.52. The zero-order valence-electron chi connectivity index (χ0n) is 14.0. The number of nitrogens with zero attached hydrogens (tertiary/aromatic N) is 5. The van der Waals surface area contributed by atoms with Crippen molar-refractivity contribution in [1.29, 1.82) is 0 Å². The molecule has 1 aromatic rings. The van der Waals surface area contributed by atoms with Crippen LogP contribution in [0.25, 0.3) is 0 Å². The minimum absolute atomic E-state index is 0.0852. The Bertz CT molecular complexity index is 673. The van der Waals surface area contributed by atoms with Crippen LogP contribution in [-0.2, 0) is 7.05 Å². The number of amides is 3. The summed E-state index contributed by atoms with van der Waals surface area (Å²) in [4.78, 5) is 41.7. The van der Waals surface area contributed by atoms with Crippen LogP contribution in [0.3, 0.4) is 0 Å². The molecule has 130 valence electrons. The van der Waals surface area contributed by atoms with Gasteiger partial charge in [0.05, 0.1) is 0 Å². The van der Waals surface area contributed by atoms with Crippen LogP contribution in [0.2, 0.25) is 0 Å². The molecule has 2 aliphatic heterocycles. The second-order valence-corrected chi connectivity index (χ2v) is 6.29. The van der Waals surface area contributed by atoms with E-state index in [1.165, 1.54) is 25.6 Å². The molecule has 0 spiro atoms. The van der Waals surface area contributed by atoms with Crippen LogP contribution in [0, 0.1) is 0 Å². The lowest BCUT2D eigenvalue weighted by atomic mass is 10.1. The fourth-order valence-corrected chi connectivity index (χ4v) is 3.16. The number of aryl methyl sites for hydroxylation is 1. The van der Waals surface area contributed by atoms with Crippen molar-refractivity contribution in [2.75, 3.05) is 39.3 Å². The molecule has 0 unspecified atom stereocenters. The maximum atomic E-state index is 12.5. The highest BCUT2D eigenvalue weighted by atomic mass is 16.2. The molecule has 1 aromatic heterocycles. The molecule has 0 atom stereocenters. The van der Waals surface area contributed by atoms with Gasteiger partial charge in [0.1, 0.15) is 5.69 Å². The van der Waals surface area contributed by atoms with Gasteiger partial charge in [0.25, 0.3) is 11.5 Å². The number of carbonyl (C=O) groups is 2. The molecule has 0 N–H and O–H groups in total. The second kappa shape index (κ2) is 7.02. The van der Waals surface area contributed by atoms with Crippen molar-refractivity contribution in [2.24, 2.45) is 7.05 Å². The Morgan fingerprint density at radius 1 is 0.875 bits per heavy atom. The third kappa shape index (κ3) is 3.42. The van der Waals surface area contributed by atoms with E-state index < -0.39 is 0 Å². The van der Waals surface area contributed by atoms with Crippen molar-refractivity contribution in [1.82, 2.24) is 24.5 Å². The van der Waals surface area contributed by atoms with Gasteiger partial charge in [0, 0.05) is 52.4 Å². The number of rotatable bonds is 1. The van der Waals surface area contributed by atoms with E-state index in [1.807, 2.05) is 9.80 Å². The van der Waals surface area contributed by atoms with Crippen molar-refractivity contribution in [2.45, 2.75) is 19.3 Å². The smallest absolute Gasteiger partial charge is 0.320 e. The van der Waals surface area contributed by atoms with Gasteiger partial charge < -0.3 is 14.7 Å². The molecule has 0 aromatic carbocycles. The maximum absolute atomic E-state index is 12.5. The number of aromatic nitrogens is 2. The maximum Gasteiger partial charge on any atom is 0.320 e. The number of piperazine rings is 1. The molecule has 3 rings (SSSR count). The summed E-state index contributed by atoms with van der Waals surface area (Å²) in [6, 6.07) is 2.88. The Morgan fingerprint density at radius 2 is 1.46 bits per heavy atom. The lowest BCUT2D eigenvalue weighted by Gasteiger charge is -2.38. The van der Waals surface area contributed by atoms with E-state index in [-0.39, 0.29) is 23.2 Å². The van der Waals surface area contributed by atoms with Gasteiger partial charge in [-0.15, -0.1) is 0 Å². The number of urea groups is 1. The zero-order chi connectivity index (χ0) is 17.1. The number of carbonyl (C=O) groups excluding carboxylic acids is 2. The molecular weight excluding hydrogens is 310 g/mol. The average Bonchev–Trinajstić information content (AvgIpc) is 2.63. The topological polar surface area (TPSA) is 78.8 Å². The average molecular weight is 333 g/mol. The lowest BCUT2D eigenvalue weighted by Crippen LogP contribution is -2.54. The Hall–Kier alpha value is -2.38. The molecule has 3 heterocycles. The standard InChI is InChI=1S/C16H23N5O3/c1-18-14(22)6-5-13(17-18)15(23)19-9-11-21(12-10-19)16(24)20-7-3-2-4-8-20/h5-6H,2-4,7-12H2,1H3. The van der Waals surface area contributed by atoms with Gasteiger partial charge in [-0.25, -0.2) is 9.48 Å². The van der Waals surface area contributed by atoms with Crippen molar-refractivity contribution in [3.63, 3.8) is 0 Å². The third-order valence-corrected chi connectivity index (χ3v) is 4.64. The van der Waals surface area contributed by atoms with Gasteiger partial charge in [-0.3, -0.25) is 9.59 Å². The Labute approximate surface area is 140 Å². The monoisotopic (exact) mass is 333 g/mol. The Morgan fingerprint density at radius 3 is 2.08 bits per heavy atom. The molecule has 8 nitrogen and oxygen atoms in total. The van der Waals surface area contributed by atoms with E-state index in [0.29, 0.717) is 26.2 Å². The van der Waals surface area contributed by atoms with Gasteiger partial charge >= 0.3 is 6.03 Å². The highest BCUT2D eigenvalue weighted by Gasteiger charge is 2.28. The Kier molecular flexibility index (Phi) is 4.82. The predicted molar refractivity (Wildman–Crippen MR) is 87.8 cm³/mol. The fraction of sp³-hybridized carbons (Fsp3) is 0.625. The molecule has 8 heteroatoms. The highest BCUT2D eigenvalue weighted by Crippen LogP contribution is 2.13. The van der Waals surface area contributed by atoms with Crippen LogP contribution in [0.15, 0.2) is 16.9 Å². The summed E-state index contributed by atoms with van der Waals surface area (Å²) in [6.45, 7) is 3.71. The molecule has 2 saturated heterocycles. The van der Waals surface area contributed by atoms with Gasteiger partial charge in [0.2, 0.25) is 0 Å². The van der Waals surface area contributed by atoms with Gasteiger partial charge in [-0.05, 0) is 25.3 Å². The van der Waals surface area contributed by atoms with Crippen molar-refractivity contribution in [3.05, 3.63) is 28.2 Å². The SMILES string of the molecule is Cn1nc(C(=O)N2CCN(C(=O)N3CCCCC3)CC2)ccc1=O. The lowest BCUT2D eigenvalue weighted by molar-refractivity contribution is 0.0625. The van der Waals surface area contributed by atoms with Gasteiger partial charge in [-0.1, -0.05) is 0 Å². The summed E-state index contributed by atoms with van der Waals surface area (Å²) in [5.74, 6) is -0.198. The van der Waals surface area contributed by atoms with Crippen LogP contribution >= 0.6 is 0 Å². The van der Waals surface area contributed by atoms with Gasteiger partial charge in [-0.2, -0.15) is 5.10 Å². The van der Waals surface area contributed by atoms with E-state index in [0.717, 1.165) is 30.6 Å². The quantitative estimate of drug-likeness (QED) is 0.732. The number of hydrogen-bond donors (Lipinski definition) is 0. The fourth-order valence-electron chi connectivity index (χ4n) is 3.16. The molecule has 2 aliphatic rings. The van der Waals surface area contributed by atoms with E-state index >= 15 is 0 Å². The highest BCUT2D eigenvalue weighted by molar-refractivity contribution is 5.92. The summed E-state index contributed by atoms with van der Waals surface area (Å²) < 4.78 is 1.16. The first kappa shape index (κ1) is 16.5. The first-order valence-electron chi connectivity index (χ1n) is 8.44. The van der Waals surface area contributed by atoms with E-state index in [1.54, 1.807) is 4.90 Å². The zero-order valence-corrected chi connectivity index (χ0v) is 14.0. The first-order chi connectivity index (χ1) is 11.6. The third-order valence-electron chi connectivity index (χ3n) is 4.64. The minimum atomic E-state index is -0.247. The van der Waals surface area contributed by atoms with Crippen LogP contribution < -0.4 is 5.56 Å². The number of likely N-dealkylation sites (tertiary alicyclic amines) is 1. The molecule has 2 fully saturated rings. The molecule has 0 bridgehead atoms. The molecular formula is C16H23N5O3. The van der Waals surface area contributed by atoms with Crippen LogP contribution in [-0.4, -0.2) is 75.7 Å². The largest absolute Gasteiger partial charge is 0.334 e. The van der Waals surface area contributed by atoms with E-state index in [9.17, 15) is 14.4 Å². The van der Waals surface area contributed by atoms with Crippen molar-refractivity contribution < 1.29 is 9.59 Å². The van der Waals surface area contributed by atoms with Crippen LogP contribution in [0.5, 0.6) is 0 Å². The van der Waals surface area contributed by atoms with Crippen molar-refractivity contribution in [3.8, 4) is 0 Å². The molecule has 24 heavy (non-hydrogen) atoms.